The first-order valence-electron chi connectivity index (χ1n) is 11.4. The number of hydrogen-bond donors (Lipinski definition) is 2. The number of aliphatic imine (C=N–C) groups is 1. The van der Waals surface area contributed by atoms with Gasteiger partial charge in [0.25, 0.3) is 5.91 Å². The number of amides is 1. The molecule has 206 valence electrons. The van der Waals surface area contributed by atoms with Gasteiger partial charge in [0, 0.05) is 11.1 Å². The predicted molar refractivity (Wildman–Crippen MR) is 142 cm³/mol. The third kappa shape index (κ3) is 7.20. The van der Waals surface area contributed by atoms with Crippen molar-refractivity contribution < 1.29 is 35.5 Å². The SMILES string of the molecule is CC(C)(C)c1cnc(COc2ccc(C=C3SC(=Nc4ccc(NS(=O)(=O)C(F)(F)F)cc4)NC3=O)cc2)o1. The maximum absolute atomic E-state index is 12.5. The molecule has 14 heteroatoms. The number of anilines is 1. The lowest BCUT2D eigenvalue weighted by Gasteiger charge is -2.13. The van der Waals surface area contributed by atoms with Crippen LogP contribution in [0.15, 0.2) is 69.0 Å². The highest BCUT2D eigenvalue weighted by Gasteiger charge is 2.46. The molecule has 2 aromatic carbocycles. The average molecular weight is 581 g/mol. The number of nitrogens with one attached hydrogen (secondary N) is 2. The maximum Gasteiger partial charge on any atom is 0.516 e. The van der Waals surface area contributed by atoms with E-state index >= 15 is 0 Å². The van der Waals surface area contributed by atoms with Crippen LogP contribution in [0.1, 0.15) is 38.0 Å². The number of rotatable bonds is 7. The second-order valence-corrected chi connectivity index (χ2v) is 12.0. The number of halogens is 3. The average Bonchev–Trinajstić information content (AvgIpc) is 3.46. The second-order valence-electron chi connectivity index (χ2n) is 9.31. The van der Waals surface area contributed by atoms with Crippen molar-refractivity contribution in [2.24, 2.45) is 4.99 Å². The fourth-order valence-corrected chi connectivity index (χ4v) is 4.50. The number of thioether (sulfide) groups is 1. The van der Waals surface area contributed by atoms with Gasteiger partial charge < -0.3 is 14.5 Å². The van der Waals surface area contributed by atoms with Gasteiger partial charge in [-0.3, -0.25) is 9.52 Å². The summed E-state index contributed by atoms with van der Waals surface area (Å²) in [6, 6.07) is 12.0. The van der Waals surface area contributed by atoms with E-state index in [2.05, 4.69) is 15.3 Å². The highest BCUT2D eigenvalue weighted by molar-refractivity contribution is 8.18. The summed E-state index contributed by atoms with van der Waals surface area (Å²) >= 11 is 1.08. The number of aromatic nitrogens is 1. The zero-order valence-electron chi connectivity index (χ0n) is 20.9. The molecule has 1 aromatic heterocycles. The Balaban J connectivity index is 1.36. The van der Waals surface area contributed by atoms with Gasteiger partial charge >= 0.3 is 15.5 Å². The molecule has 39 heavy (non-hydrogen) atoms. The van der Waals surface area contributed by atoms with Crippen LogP contribution in [0.4, 0.5) is 24.5 Å². The molecule has 0 bridgehead atoms. The van der Waals surface area contributed by atoms with Crippen molar-refractivity contribution in [3.8, 4) is 5.75 Å². The molecule has 0 radical (unpaired) electrons. The molecule has 3 aromatic rings. The minimum Gasteiger partial charge on any atom is -0.484 e. The van der Waals surface area contributed by atoms with Gasteiger partial charge in [0.1, 0.15) is 11.5 Å². The minimum atomic E-state index is -5.52. The molecule has 0 atom stereocenters. The van der Waals surface area contributed by atoms with Gasteiger partial charge in [0.2, 0.25) is 5.89 Å². The van der Waals surface area contributed by atoms with Crippen LogP contribution in [0.5, 0.6) is 5.75 Å². The molecule has 1 fully saturated rings. The van der Waals surface area contributed by atoms with Crippen LogP contribution in [-0.2, 0) is 26.8 Å². The van der Waals surface area contributed by atoms with Crippen LogP contribution in [-0.4, -0.2) is 30.0 Å². The Labute approximate surface area is 226 Å². The number of carbonyl (C=O) groups is 1. The highest BCUT2D eigenvalue weighted by atomic mass is 32.2. The normalized spacial score (nSPS) is 16.5. The van der Waals surface area contributed by atoms with Crippen molar-refractivity contribution in [3.63, 3.8) is 0 Å². The first-order valence-corrected chi connectivity index (χ1v) is 13.7. The van der Waals surface area contributed by atoms with Gasteiger partial charge in [-0.25, -0.2) is 9.98 Å². The Bertz CT molecular complexity index is 1520. The van der Waals surface area contributed by atoms with Crippen LogP contribution in [0.25, 0.3) is 6.08 Å². The summed E-state index contributed by atoms with van der Waals surface area (Å²) in [6.45, 7) is 6.25. The number of alkyl halides is 3. The summed E-state index contributed by atoms with van der Waals surface area (Å²) in [5, 5.41) is 2.87. The van der Waals surface area contributed by atoms with Gasteiger partial charge in [-0.1, -0.05) is 32.9 Å². The zero-order valence-corrected chi connectivity index (χ0v) is 22.5. The summed E-state index contributed by atoms with van der Waals surface area (Å²) in [7, 11) is -5.52. The van der Waals surface area contributed by atoms with E-state index in [1.807, 2.05) is 20.8 Å². The molecule has 2 heterocycles. The molecule has 1 amide bonds. The van der Waals surface area contributed by atoms with Crippen molar-refractivity contribution in [1.29, 1.82) is 0 Å². The topological polar surface area (TPSA) is 123 Å². The number of benzene rings is 2. The fourth-order valence-electron chi connectivity index (χ4n) is 3.10. The molecule has 0 spiro atoms. The number of nitrogens with zero attached hydrogens (tertiary/aromatic N) is 2. The standard InChI is InChI=1S/C25H23F3N4O5S2/c1-24(2,3)20-13-29-21(37-20)14-36-18-10-4-15(5-11-18)12-19-22(33)31-23(38-19)30-16-6-8-17(9-7-16)32-39(34,35)25(26,27)28/h4-13,32H,14H2,1-3H3,(H,30,31,33). The van der Waals surface area contributed by atoms with E-state index in [0.717, 1.165) is 35.2 Å². The van der Waals surface area contributed by atoms with Crippen molar-refractivity contribution in [2.75, 3.05) is 4.72 Å². The second kappa shape index (κ2) is 10.8. The lowest BCUT2D eigenvalue weighted by atomic mass is 9.94. The monoisotopic (exact) mass is 580 g/mol. The lowest BCUT2D eigenvalue weighted by molar-refractivity contribution is -0.115. The number of hydrogen-bond acceptors (Lipinski definition) is 8. The van der Waals surface area contributed by atoms with E-state index in [0.29, 0.717) is 22.2 Å². The molecule has 0 saturated carbocycles. The Morgan fingerprint density at radius 2 is 1.77 bits per heavy atom. The van der Waals surface area contributed by atoms with Crippen LogP contribution < -0.4 is 14.8 Å². The van der Waals surface area contributed by atoms with Crippen LogP contribution >= 0.6 is 11.8 Å². The largest absolute Gasteiger partial charge is 0.516 e. The lowest BCUT2D eigenvalue weighted by Crippen LogP contribution is -2.29. The van der Waals surface area contributed by atoms with Crippen molar-refractivity contribution in [2.45, 2.75) is 38.3 Å². The number of sulfonamides is 1. The van der Waals surface area contributed by atoms with Gasteiger partial charge in [0.15, 0.2) is 11.8 Å². The van der Waals surface area contributed by atoms with Gasteiger partial charge in [-0.2, -0.15) is 21.6 Å². The minimum absolute atomic E-state index is 0.150. The molecule has 1 saturated heterocycles. The quantitative estimate of drug-likeness (QED) is 0.344. The molecule has 9 nitrogen and oxygen atoms in total. The van der Waals surface area contributed by atoms with Crippen molar-refractivity contribution in [1.82, 2.24) is 10.3 Å². The van der Waals surface area contributed by atoms with Crippen LogP contribution in [0.2, 0.25) is 0 Å². The fraction of sp³-hybridized carbons (Fsp3) is 0.240. The number of ether oxygens (including phenoxy) is 1. The summed E-state index contributed by atoms with van der Waals surface area (Å²) in [5.74, 6) is 1.46. The summed E-state index contributed by atoms with van der Waals surface area (Å²) < 4.78 is 72.9. The summed E-state index contributed by atoms with van der Waals surface area (Å²) in [6.07, 6.45) is 3.36. The Kier molecular flexibility index (Phi) is 7.80. The molecule has 4 rings (SSSR count). The van der Waals surface area contributed by atoms with E-state index in [4.69, 9.17) is 9.15 Å². The molecule has 1 aliphatic rings. The first kappa shape index (κ1) is 28.2. The van der Waals surface area contributed by atoms with E-state index in [1.54, 1.807) is 36.5 Å². The predicted octanol–water partition coefficient (Wildman–Crippen LogP) is 5.70. The number of amidine groups is 1. The van der Waals surface area contributed by atoms with Crippen LogP contribution in [0, 0.1) is 0 Å². The Morgan fingerprint density at radius 1 is 1.10 bits per heavy atom. The van der Waals surface area contributed by atoms with Crippen LogP contribution in [0.3, 0.4) is 0 Å². The van der Waals surface area contributed by atoms with Gasteiger partial charge in [-0.05, 0) is 59.8 Å². The third-order valence-corrected chi connectivity index (χ3v) is 7.16. The smallest absolute Gasteiger partial charge is 0.484 e. The van der Waals surface area contributed by atoms with E-state index in [9.17, 15) is 26.4 Å². The van der Waals surface area contributed by atoms with Crippen molar-refractivity contribution in [3.05, 3.63) is 76.8 Å². The molecular formula is C25H23F3N4O5S2. The van der Waals surface area contributed by atoms with Crippen molar-refractivity contribution >= 4 is 50.3 Å². The zero-order chi connectivity index (χ0) is 28.4. The molecule has 2 N–H and O–H groups in total. The molecule has 0 aliphatic carbocycles. The van der Waals surface area contributed by atoms with Gasteiger partial charge in [-0.15, -0.1) is 0 Å². The Hall–Kier alpha value is -3.78. The number of oxazole rings is 1. The van der Waals surface area contributed by atoms with Gasteiger partial charge in [0.05, 0.1) is 16.8 Å². The molecule has 0 unspecified atom stereocenters. The maximum atomic E-state index is 12.5. The van der Waals surface area contributed by atoms with E-state index in [-0.39, 0.29) is 28.8 Å². The Morgan fingerprint density at radius 3 is 2.36 bits per heavy atom. The van der Waals surface area contributed by atoms with E-state index < -0.39 is 15.5 Å². The molecular weight excluding hydrogens is 557 g/mol. The van der Waals surface area contributed by atoms with E-state index in [1.165, 1.54) is 16.9 Å². The number of carbonyl (C=O) groups excluding carboxylic acids is 1. The highest BCUT2D eigenvalue weighted by Crippen LogP contribution is 2.30. The molecule has 1 aliphatic heterocycles. The summed E-state index contributed by atoms with van der Waals surface area (Å²) in [4.78, 5) is 21.2. The first-order chi connectivity index (χ1) is 18.2. The summed E-state index contributed by atoms with van der Waals surface area (Å²) in [5.41, 5.74) is -4.81. The third-order valence-electron chi connectivity index (χ3n) is 5.14.